The second-order valence-electron chi connectivity index (χ2n) is 6.66. The van der Waals surface area contributed by atoms with E-state index in [0.717, 1.165) is 23.3 Å². The van der Waals surface area contributed by atoms with E-state index in [1.807, 2.05) is 36.9 Å². The molecule has 1 aliphatic heterocycles. The lowest BCUT2D eigenvalue weighted by Crippen LogP contribution is -2.30. The summed E-state index contributed by atoms with van der Waals surface area (Å²) in [6.07, 6.45) is 2.34. The number of hydrogen-bond donors (Lipinski definition) is 2. The van der Waals surface area contributed by atoms with Crippen molar-refractivity contribution in [3.63, 3.8) is 0 Å². The van der Waals surface area contributed by atoms with Crippen molar-refractivity contribution in [2.75, 3.05) is 11.1 Å². The smallest absolute Gasteiger partial charge is 0.291 e. The van der Waals surface area contributed by atoms with Crippen molar-refractivity contribution >= 4 is 29.3 Å². The molecule has 1 aromatic heterocycles. The van der Waals surface area contributed by atoms with Crippen molar-refractivity contribution in [1.29, 1.82) is 0 Å². The molecule has 0 bridgehead atoms. The fourth-order valence-corrected chi connectivity index (χ4v) is 4.35. The number of nitrogens with one attached hydrogen (secondary N) is 2. The molecule has 1 atom stereocenters. The number of thioether (sulfide) groups is 1. The van der Waals surface area contributed by atoms with Gasteiger partial charge in [-0.25, -0.2) is 0 Å². The summed E-state index contributed by atoms with van der Waals surface area (Å²) in [5.74, 6) is 0.704. The quantitative estimate of drug-likeness (QED) is 0.669. The van der Waals surface area contributed by atoms with Crippen molar-refractivity contribution in [2.24, 2.45) is 0 Å². The van der Waals surface area contributed by atoms with Crippen LogP contribution in [0.5, 0.6) is 0 Å². The number of anilines is 1. The molecule has 6 heteroatoms. The van der Waals surface area contributed by atoms with Gasteiger partial charge in [-0.1, -0.05) is 24.3 Å². The maximum atomic E-state index is 12.9. The first-order valence-electron chi connectivity index (χ1n) is 9.10. The molecule has 1 unspecified atom stereocenters. The zero-order chi connectivity index (χ0) is 19.5. The maximum Gasteiger partial charge on any atom is 0.291 e. The molecule has 2 N–H and O–H groups in total. The lowest BCUT2D eigenvalue weighted by molar-refractivity contribution is 0.0933. The summed E-state index contributed by atoms with van der Waals surface area (Å²) in [6.45, 7) is 1.88. The summed E-state index contributed by atoms with van der Waals surface area (Å²) in [5, 5.41) is 5.95. The number of amides is 2. The van der Waals surface area contributed by atoms with E-state index >= 15 is 0 Å². The van der Waals surface area contributed by atoms with Crippen molar-refractivity contribution in [1.82, 2.24) is 5.32 Å². The van der Waals surface area contributed by atoms with Crippen LogP contribution in [0.4, 0.5) is 5.69 Å². The minimum Gasteiger partial charge on any atom is -0.459 e. The first-order chi connectivity index (χ1) is 13.6. The van der Waals surface area contributed by atoms with Crippen LogP contribution in [0.2, 0.25) is 0 Å². The number of benzene rings is 2. The van der Waals surface area contributed by atoms with E-state index in [1.165, 1.54) is 11.2 Å². The standard InChI is InChI=1S/C22H20N2O3S/c1-14-8-9-15(13-18(14)24-22(26)19-6-4-11-27-19)21(25)23-17-10-12-28-20-7-3-2-5-16(17)20/h2-9,11,13,17H,10,12H2,1H3,(H,23,25)(H,24,26). The Morgan fingerprint density at radius 1 is 1.07 bits per heavy atom. The van der Waals surface area contributed by atoms with Gasteiger partial charge in [-0.2, -0.15) is 0 Å². The van der Waals surface area contributed by atoms with Gasteiger partial charge in [0.2, 0.25) is 0 Å². The third kappa shape index (κ3) is 3.82. The SMILES string of the molecule is Cc1ccc(C(=O)NC2CCSc3ccccc32)cc1NC(=O)c1ccco1. The first kappa shape index (κ1) is 18.4. The van der Waals surface area contributed by atoms with E-state index in [-0.39, 0.29) is 23.6 Å². The molecular weight excluding hydrogens is 372 g/mol. The average Bonchev–Trinajstić information content (AvgIpc) is 3.25. The molecule has 0 spiro atoms. The van der Waals surface area contributed by atoms with Gasteiger partial charge in [-0.3, -0.25) is 9.59 Å². The summed E-state index contributed by atoms with van der Waals surface area (Å²) in [5.41, 5.74) is 3.13. The van der Waals surface area contributed by atoms with Gasteiger partial charge >= 0.3 is 0 Å². The number of carbonyl (C=O) groups is 2. The van der Waals surface area contributed by atoms with Crippen molar-refractivity contribution < 1.29 is 14.0 Å². The lowest BCUT2D eigenvalue weighted by atomic mass is 10.0. The largest absolute Gasteiger partial charge is 0.459 e. The normalized spacial score (nSPS) is 15.5. The number of aryl methyl sites for hydroxylation is 1. The highest BCUT2D eigenvalue weighted by molar-refractivity contribution is 7.99. The highest BCUT2D eigenvalue weighted by Gasteiger charge is 2.22. The van der Waals surface area contributed by atoms with Crippen molar-refractivity contribution in [2.45, 2.75) is 24.3 Å². The predicted octanol–water partition coefficient (Wildman–Crippen LogP) is 4.81. The molecule has 0 saturated heterocycles. The molecule has 28 heavy (non-hydrogen) atoms. The molecule has 2 heterocycles. The number of hydrogen-bond acceptors (Lipinski definition) is 4. The molecular formula is C22H20N2O3S. The average molecular weight is 392 g/mol. The van der Waals surface area contributed by atoms with E-state index in [0.29, 0.717) is 11.3 Å². The Labute approximate surface area is 167 Å². The van der Waals surface area contributed by atoms with Crippen LogP contribution in [0.15, 0.2) is 70.2 Å². The molecule has 0 fully saturated rings. The van der Waals surface area contributed by atoms with E-state index in [9.17, 15) is 9.59 Å². The highest BCUT2D eigenvalue weighted by Crippen LogP contribution is 2.36. The van der Waals surface area contributed by atoms with Crippen LogP contribution in [-0.4, -0.2) is 17.6 Å². The molecule has 4 rings (SSSR count). The first-order valence-corrected chi connectivity index (χ1v) is 10.1. The van der Waals surface area contributed by atoms with Crippen molar-refractivity contribution in [3.8, 4) is 0 Å². The molecule has 5 nitrogen and oxygen atoms in total. The molecule has 142 valence electrons. The second-order valence-corrected chi connectivity index (χ2v) is 7.80. The fourth-order valence-electron chi connectivity index (χ4n) is 3.22. The topological polar surface area (TPSA) is 71.3 Å². The summed E-state index contributed by atoms with van der Waals surface area (Å²) < 4.78 is 5.13. The maximum absolute atomic E-state index is 12.9. The Hall–Kier alpha value is -2.99. The Bertz CT molecular complexity index is 1010. The lowest BCUT2D eigenvalue weighted by Gasteiger charge is -2.26. The number of carbonyl (C=O) groups excluding carboxylic acids is 2. The zero-order valence-electron chi connectivity index (χ0n) is 15.4. The van der Waals surface area contributed by atoms with Crippen LogP contribution in [0.25, 0.3) is 0 Å². The molecule has 3 aromatic rings. The van der Waals surface area contributed by atoms with Gasteiger partial charge in [0.25, 0.3) is 11.8 Å². The number of furan rings is 1. The zero-order valence-corrected chi connectivity index (χ0v) is 16.2. The van der Waals surface area contributed by atoms with Crippen LogP contribution in [0, 0.1) is 6.92 Å². The summed E-state index contributed by atoms with van der Waals surface area (Å²) >= 11 is 1.82. The summed E-state index contributed by atoms with van der Waals surface area (Å²) in [6, 6.07) is 16.7. The summed E-state index contributed by atoms with van der Waals surface area (Å²) in [4.78, 5) is 26.3. The Morgan fingerprint density at radius 2 is 1.93 bits per heavy atom. The van der Waals surface area contributed by atoms with Crippen LogP contribution >= 0.6 is 11.8 Å². The fraction of sp³-hybridized carbons (Fsp3) is 0.182. The van der Waals surface area contributed by atoms with Gasteiger partial charge in [-0.15, -0.1) is 11.8 Å². The molecule has 1 aliphatic rings. The van der Waals surface area contributed by atoms with Gasteiger partial charge in [0, 0.05) is 21.9 Å². The van der Waals surface area contributed by atoms with Gasteiger partial charge in [-0.05, 0) is 54.8 Å². The second kappa shape index (κ2) is 7.94. The Kier molecular flexibility index (Phi) is 5.21. The van der Waals surface area contributed by atoms with Crippen LogP contribution in [-0.2, 0) is 0 Å². The van der Waals surface area contributed by atoms with Crippen LogP contribution < -0.4 is 10.6 Å². The monoisotopic (exact) mass is 392 g/mol. The summed E-state index contributed by atoms with van der Waals surface area (Å²) in [7, 11) is 0. The molecule has 0 aliphatic carbocycles. The van der Waals surface area contributed by atoms with E-state index < -0.39 is 0 Å². The van der Waals surface area contributed by atoms with E-state index in [2.05, 4.69) is 22.8 Å². The van der Waals surface area contributed by atoms with Gasteiger partial charge in [0.15, 0.2) is 5.76 Å². The number of fused-ring (bicyclic) bond motifs is 1. The third-order valence-corrected chi connectivity index (χ3v) is 5.88. The van der Waals surface area contributed by atoms with Gasteiger partial charge < -0.3 is 15.1 Å². The molecule has 2 amide bonds. The predicted molar refractivity (Wildman–Crippen MR) is 110 cm³/mol. The van der Waals surface area contributed by atoms with Gasteiger partial charge in [0.1, 0.15) is 0 Å². The molecule has 0 radical (unpaired) electrons. The highest BCUT2D eigenvalue weighted by atomic mass is 32.2. The Morgan fingerprint density at radius 3 is 2.75 bits per heavy atom. The molecule has 0 saturated carbocycles. The van der Waals surface area contributed by atoms with Crippen LogP contribution in [0.1, 0.15) is 44.5 Å². The van der Waals surface area contributed by atoms with E-state index in [4.69, 9.17) is 4.42 Å². The minimum atomic E-state index is -0.344. The Balaban J connectivity index is 1.52. The van der Waals surface area contributed by atoms with E-state index in [1.54, 1.807) is 24.3 Å². The minimum absolute atomic E-state index is 0.00703. The van der Waals surface area contributed by atoms with Crippen LogP contribution in [0.3, 0.4) is 0 Å². The number of rotatable bonds is 4. The van der Waals surface area contributed by atoms with Gasteiger partial charge in [0.05, 0.1) is 12.3 Å². The molecule has 2 aromatic carbocycles. The van der Waals surface area contributed by atoms with Crippen molar-refractivity contribution in [3.05, 3.63) is 83.3 Å². The third-order valence-electron chi connectivity index (χ3n) is 4.76.